The molecule has 0 aliphatic heterocycles. The van der Waals surface area contributed by atoms with E-state index >= 15 is 0 Å². The Kier molecular flexibility index (Phi) is 6.68. The molecule has 2 N–H and O–H groups in total. The monoisotopic (exact) mass is 412 g/mol. The summed E-state index contributed by atoms with van der Waals surface area (Å²) in [6.45, 7) is 4.04. The van der Waals surface area contributed by atoms with E-state index in [0.717, 1.165) is 21.4 Å². The highest BCUT2D eigenvalue weighted by Crippen LogP contribution is 2.22. The van der Waals surface area contributed by atoms with Crippen molar-refractivity contribution in [1.82, 2.24) is 10.9 Å². The third-order valence-corrected chi connectivity index (χ3v) is 5.99. The van der Waals surface area contributed by atoms with Crippen molar-refractivity contribution in [2.45, 2.75) is 25.2 Å². The van der Waals surface area contributed by atoms with Gasteiger partial charge < -0.3 is 0 Å². The summed E-state index contributed by atoms with van der Waals surface area (Å²) in [5.74, 6) is -0.277. The quantitative estimate of drug-likeness (QED) is 0.577. The van der Waals surface area contributed by atoms with Gasteiger partial charge in [0.2, 0.25) is 5.91 Å². The Morgan fingerprint density at radius 1 is 1.22 bits per heavy atom. The molecule has 2 amide bonds. The highest BCUT2D eigenvalue weighted by Gasteiger charge is 2.12. The van der Waals surface area contributed by atoms with Gasteiger partial charge in [0.1, 0.15) is 0 Å². The molecule has 0 spiro atoms. The second-order valence-corrected chi connectivity index (χ2v) is 7.92. The van der Waals surface area contributed by atoms with Crippen LogP contribution in [0.5, 0.6) is 0 Å². The summed E-state index contributed by atoms with van der Waals surface area (Å²) < 4.78 is 0.997. The summed E-state index contributed by atoms with van der Waals surface area (Å²) in [6.07, 6.45) is 0.903. The van der Waals surface area contributed by atoms with Gasteiger partial charge in [-0.25, -0.2) is 0 Å². The van der Waals surface area contributed by atoms with E-state index in [2.05, 4.69) is 33.7 Å². The molecule has 1 heterocycles. The maximum atomic E-state index is 12.0. The van der Waals surface area contributed by atoms with Gasteiger partial charge in [-0.2, -0.15) is 0 Å². The minimum atomic E-state index is -0.278. The Bertz CT molecular complexity index is 699. The smallest absolute Gasteiger partial charge is 0.272 e. The number of thioether (sulfide) groups is 1. The third-order valence-electron chi connectivity index (χ3n) is 3.06. The lowest BCUT2D eigenvalue weighted by molar-refractivity contribution is -0.119. The van der Waals surface area contributed by atoms with Crippen LogP contribution in [-0.4, -0.2) is 17.6 Å². The molecule has 0 radical (unpaired) electrons. The Balaban J connectivity index is 1.79. The van der Waals surface area contributed by atoms with Crippen molar-refractivity contribution in [2.75, 3.05) is 5.75 Å². The SMILES string of the molecule is CCc1sc(C(=O)NNC(=O)CSc2ccc(Br)cc2)cc1C. The molecule has 0 fully saturated rings. The minimum absolute atomic E-state index is 0.240. The molecule has 1 aromatic carbocycles. The fourth-order valence-electron chi connectivity index (χ4n) is 1.89. The van der Waals surface area contributed by atoms with Gasteiger partial charge in [0.25, 0.3) is 5.91 Å². The number of aryl methyl sites for hydroxylation is 2. The molecular formula is C16H17BrN2O2S2. The summed E-state index contributed by atoms with van der Waals surface area (Å²) in [5.41, 5.74) is 6.02. The second-order valence-electron chi connectivity index (χ2n) is 4.82. The number of halogens is 1. The number of hydrazine groups is 1. The number of hydrogen-bond acceptors (Lipinski definition) is 4. The van der Waals surface area contributed by atoms with E-state index < -0.39 is 0 Å². The summed E-state index contributed by atoms with van der Waals surface area (Å²) in [5, 5.41) is 0. The van der Waals surface area contributed by atoms with E-state index in [1.165, 1.54) is 28.0 Å². The topological polar surface area (TPSA) is 58.2 Å². The molecule has 0 saturated carbocycles. The highest BCUT2D eigenvalue weighted by molar-refractivity contribution is 9.10. The molecule has 0 aliphatic carbocycles. The molecule has 4 nitrogen and oxygen atoms in total. The fraction of sp³-hybridized carbons (Fsp3) is 0.250. The summed E-state index contributed by atoms with van der Waals surface area (Å²) in [4.78, 5) is 26.6. The Hall–Kier alpha value is -1.31. The van der Waals surface area contributed by atoms with E-state index in [1.54, 1.807) is 0 Å². The number of rotatable bonds is 5. The van der Waals surface area contributed by atoms with Crippen molar-refractivity contribution in [2.24, 2.45) is 0 Å². The van der Waals surface area contributed by atoms with Crippen molar-refractivity contribution in [3.05, 3.63) is 50.1 Å². The van der Waals surface area contributed by atoms with Gasteiger partial charge in [-0.1, -0.05) is 22.9 Å². The number of thiophene rings is 1. The van der Waals surface area contributed by atoms with Gasteiger partial charge in [0.15, 0.2) is 0 Å². The molecule has 0 aliphatic rings. The van der Waals surface area contributed by atoms with E-state index in [1.807, 2.05) is 37.3 Å². The first-order chi connectivity index (χ1) is 11.0. The number of carbonyl (C=O) groups excluding carboxylic acids is 2. The second kappa shape index (κ2) is 8.52. The highest BCUT2D eigenvalue weighted by atomic mass is 79.9. The summed E-state index contributed by atoms with van der Waals surface area (Å²) >= 11 is 6.24. The number of nitrogens with one attached hydrogen (secondary N) is 2. The predicted octanol–water partition coefficient (Wildman–Crippen LogP) is 3.93. The van der Waals surface area contributed by atoms with Crippen LogP contribution in [0.1, 0.15) is 27.0 Å². The van der Waals surface area contributed by atoms with Crippen LogP contribution >= 0.6 is 39.0 Å². The normalized spacial score (nSPS) is 10.4. The molecule has 0 bridgehead atoms. The van der Waals surface area contributed by atoms with Crippen LogP contribution in [0.25, 0.3) is 0 Å². The Labute approximate surface area is 152 Å². The zero-order valence-corrected chi connectivity index (χ0v) is 16.0. The molecule has 7 heteroatoms. The maximum Gasteiger partial charge on any atom is 0.279 e. The van der Waals surface area contributed by atoms with E-state index in [0.29, 0.717) is 4.88 Å². The van der Waals surface area contributed by atoms with Crippen molar-refractivity contribution >= 4 is 50.8 Å². The first-order valence-corrected chi connectivity index (χ1v) is 9.66. The number of amides is 2. The lowest BCUT2D eigenvalue weighted by Crippen LogP contribution is -2.42. The van der Waals surface area contributed by atoms with Crippen LogP contribution < -0.4 is 10.9 Å². The summed E-state index contributed by atoms with van der Waals surface area (Å²) in [6, 6.07) is 9.56. The molecule has 0 unspecified atom stereocenters. The number of carbonyl (C=O) groups is 2. The molecule has 2 aromatic rings. The standard InChI is InChI=1S/C16H17BrN2O2S2/c1-3-13-10(2)8-14(23-13)16(21)19-18-15(20)9-22-12-6-4-11(17)5-7-12/h4-8H,3,9H2,1-2H3,(H,18,20)(H,19,21). The van der Waals surface area contributed by atoms with E-state index in [9.17, 15) is 9.59 Å². The molecule has 1 aromatic heterocycles. The average molecular weight is 413 g/mol. The third kappa shape index (κ3) is 5.37. The number of benzene rings is 1. The molecule has 0 atom stereocenters. The molecule has 122 valence electrons. The van der Waals surface area contributed by atoms with Crippen LogP contribution in [0.15, 0.2) is 39.7 Å². The van der Waals surface area contributed by atoms with Gasteiger partial charge >= 0.3 is 0 Å². The van der Waals surface area contributed by atoms with Crippen LogP contribution in [0, 0.1) is 6.92 Å². The van der Waals surface area contributed by atoms with Crippen LogP contribution in [-0.2, 0) is 11.2 Å². The maximum absolute atomic E-state index is 12.0. The zero-order chi connectivity index (χ0) is 16.8. The lowest BCUT2D eigenvalue weighted by Gasteiger charge is -2.06. The molecule has 23 heavy (non-hydrogen) atoms. The van der Waals surface area contributed by atoms with Crippen molar-refractivity contribution in [3.8, 4) is 0 Å². The first-order valence-electron chi connectivity index (χ1n) is 7.06. The Morgan fingerprint density at radius 2 is 1.91 bits per heavy atom. The van der Waals surface area contributed by atoms with Crippen LogP contribution in [0.2, 0.25) is 0 Å². The first kappa shape index (κ1) is 18.0. The van der Waals surface area contributed by atoms with Crippen molar-refractivity contribution < 1.29 is 9.59 Å². The van der Waals surface area contributed by atoms with Crippen molar-refractivity contribution in [3.63, 3.8) is 0 Å². The molecular weight excluding hydrogens is 396 g/mol. The number of hydrogen-bond donors (Lipinski definition) is 2. The van der Waals surface area contributed by atoms with Crippen LogP contribution in [0.3, 0.4) is 0 Å². The average Bonchev–Trinajstić information content (AvgIpc) is 2.93. The largest absolute Gasteiger partial charge is 0.279 e. The predicted molar refractivity (Wildman–Crippen MR) is 98.9 cm³/mol. The summed E-state index contributed by atoms with van der Waals surface area (Å²) in [7, 11) is 0. The fourth-order valence-corrected chi connectivity index (χ4v) is 3.86. The Morgan fingerprint density at radius 3 is 2.52 bits per heavy atom. The van der Waals surface area contributed by atoms with Gasteiger partial charge in [0.05, 0.1) is 10.6 Å². The van der Waals surface area contributed by atoms with Gasteiger partial charge in [-0.05, 0) is 49.2 Å². The minimum Gasteiger partial charge on any atom is -0.272 e. The van der Waals surface area contributed by atoms with Gasteiger partial charge in [-0.15, -0.1) is 23.1 Å². The van der Waals surface area contributed by atoms with Gasteiger partial charge in [0, 0.05) is 14.2 Å². The van der Waals surface area contributed by atoms with E-state index in [-0.39, 0.29) is 17.6 Å². The zero-order valence-electron chi connectivity index (χ0n) is 12.8. The van der Waals surface area contributed by atoms with Gasteiger partial charge in [-0.3, -0.25) is 20.4 Å². The lowest BCUT2D eigenvalue weighted by atomic mass is 10.2. The molecule has 0 saturated heterocycles. The van der Waals surface area contributed by atoms with E-state index in [4.69, 9.17) is 0 Å². The van der Waals surface area contributed by atoms with Crippen molar-refractivity contribution in [1.29, 1.82) is 0 Å². The van der Waals surface area contributed by atoms with Crippen LogP contribution in [0.4, 0.5) is 0 Å². The molecule has 2 rings (SSSR count).